The molecule has 0 fully saturated rings. The van der Waals surface area contributed by atoms with Gasteiger partial charge in [0.25, 0.3) is 0 Å². The van der Waals surface area contributed by atoms with Crippen LogP contribution < -0.4 is 11.1 Å². The Labute approximate surface area is 121 Å². The lowest BCUT2D eigenvalue weighted by Crippen LogP contribution is -2.11. The molecule has 0 saturated heterocycles. The molecule has 3 heteroatoms. The van der Waals surface area contributed by atoms with Crippen molar-refractivity contribution in [2.24, 2.45) is 5.73 Å². The van der Waals surface area contributed by atoms with E-state index in [-0.39, 0.29) is 5.41 Å². The number of nitrogens with zero attached hydrogens (tertiary/aromatic N) is 1. The highest BCUT2D eigenvalue weighted by atomic mass is 15.0. The molecule has 0 radical (unpaired) electrons. The normalized spacial score (nSPS) is 11.4. The highest BCUT2D eigenvalue weighted by Crippen LogP contribution is 2.22. The van der Waals surface area contributed by atoms with Crippen LogP contribution in [-0.4, -0.2) is 4.98 Å². The number of hydrogen-bond donors (Lipinski definition) is 2. The summed E-state index contributed by atoms with van der Waals surface area (Å²) in [4.78, 5) is 4.46. The maximum atomic E-state index is 5.59. The van der Waals surface area contributed by atoms with Crippen molar-refractivity contribution in [3.8, 4) is 0 Å². The molecule has 3 N–H and O–H groups in total. The van der Waals surface area contributed by atoms with Crippen LogP contribution in [0.5, 0.6) is 0 Å². The monoisotopic (exact) mass is 269 g/mol. The number of aromatic nitrogens is 1. The zero-order chi connectivity index (χ0) is 14.6. The van der Waals surface area contributed by atoms with Gasteiger partial charge in [0.05, 0.1) is 0 Å². The van der Waals surface area contributed by atoms with Crippen LogP contribution in [0.4, 0.5) is 5.82 Å². The van der Waals surface area contributed by atoms with Crippen LogP contribution in [0.25, 0.3) is 0 Å². The van der Waals surface area contributed by atoms with Crippen molar-refractivity contribution in [1.29, 1.82) is 0 Å². The average Bonchev–Trinajstić information content (AvgIpc) is 2.45. The molecule has 20 heavy (non-hydrogen) atoms. The molecule has 0 aliphatic carbocycles. The van der Waals surface area contributed by atoms with Crippen LogP contribution in [0, 0.1) is 0 Å². The van der Waals surface area contributed by atoms with Crippen LogP contribution >= 0.6 is 0 Å². The van der Waals surface area contributed by atoms with Crippen LogP contribution in [0.15, 0.2) is 42.6 Å². The Morgan fingerprint density at radius 3 is 2.15 bits per heavy atom. The highest BCUT2D eigenvalue weighted by molar-refractivity contribution is 5.38. The molecule has 0 bridgehead atoms. The summed E-state index contributed by atoms with van der Waals surface area (Å²) in [6, 6.07) is 12.5. The molecular weight excluding hydrogens is 246 g/mol. The van der Waals surface area contributed by atoms with Gasteiger partial charge in [0, 0.05) is 19.3 Å². The predicted molar refractivity (Wildman–Crippen MR) is 84.6 cm³/mol. The Balaban J connectivity index is 1.96. The lowest BCUT2D eigenvalue weighted by Gasteiger charge is -2.18. The molecule has 0 aliphatic heterocycles. The van der Waals surface area contributed by atoms with E-state index in [9.17, 15) is 0 Å². The number of nitrogens with one attached hydrogen (secondary N) is 1. The third kappa shape index (κ3) is 3.81. The summed E-state index contributed by atoms with van der Waals surface area (Å²) in [5.74, 6) is 0.904. The quantitative estimate of drug-likeness (QED) is 0.893. The van der Waals surface area contributed by atoms with Crippen LogP contribution in [-0.2, 0) is 18.5 Å². The number of benzene rings is 1. The topological polar surface area (TPSA) is 50.9 Å². The lowest BCUT2D eigenvalue weighted by molar-refractivity contribution is 0.587. The van der Waals surface area contributed by atoms with Crippen molar-refractivity contribution in [3.63, 3.8) is 0 Å². The highest BCUT2D eigenvalue weighted by Gasteiger charge is 2.13. The third-order valence-corrected chi connectivity index (χ3v) is 3.36. The largest absolute Gasteiger partial charge is 0.366 e. The van der Waals surface area contributed by atoms with Crippen molar-refractivity contribution >= 4 is 5.82 Å². The zero-order valence-corrected chi connectivity index (χ0v) is 12.5. The summed E-state index contributed by atoms with van der Waals surface area (Å²) in [7, 11) is 0. The van der Waals surface area contributed by atoms with Gasteiger partial charge in [0.15, 0.2) is 0 Å². The molecule has 2 aromatic rings. The SMILES string of the molecule is CC(C)(C)c1ccc(NCc2ccc(CN)cc2)nc1. The Bertz CT molecular complexity index is 536. The summed E-state index contributed by atoms with van der Waals surface area (Å²) in [6.07, 6.45) is 1.94. The first-order valence-corrected chi connectivity index (χ1v) is 6.97. The number of anilines is 1. The van der Waals surface area contributed by atoms with Crippen LogP contribution in [0.1, 0.15) is 37.5 Å². The third-order valence-electron chi connectivity index (χ3n) is 3.36. The molecule has 0 amide bonds. The fourth-order valence-electron chi connectivity index (χ4n) is 1.93. The minimum atomic E-state index is 0.142. The summed E-state index contributed by atoms with van der Waals surface area (Å²) in [6.45, 7) is 7.93. The van der Waals surface area contributed by atoms with Gasteiger partial charge in [-0.2, -0.15) is 0 Å². The summed E-state index contributed by atoms with van der Waals surface area (Å²) in [5, 5.41) is 3.33. The second kappa shape index (κ2) is 6.06. The number of pyridine rings is 1. The summed E-state index contributed by atoms with van der Waals surface area (Å²) in [5.41, 5.74) is 9.36. The Morgan fingerprint density at radius 1 is 1.00 bits per heavy atom. The van der Waals surface area contributed by atoms with Gasteiger partial charge in [-0.1, -0.05) is 51.1 Å². The molecule has 0 unspecified atom stereocenters. The van der Waals surface area contributed by atoms with E-state index in [1.54, 1.807) is 0 Å². The van der Waals surface area contributed by atoms with Gasteiger partial charge in [-0.15, -0.1) is 0 Å². The molecule has 1 aromatic heterocycles. The maximum absolute atomic E-state index is 5.59. The standard InChI is InChI=1S/C17H23N3/c1-17(2,3)15-8-9-16(20-12-15)19-11-14-6-4-13(10-18)5-7-14/h4-9,12H,10-11,18H2,1-3H3,(H,19,20). The van der Waals surface area contributed by atoms with Crippen LogP contribution in [0.2, 0.25) is 0 Å². The van der Waals surface area contributed by atoms with Crippen molar-refractivity contribution in [2.45, 2.75) is 39.3 Å². The Morgan fingerprint density at radius 2 is 1.65 bits per heavy atom. The van der Waals surface area contributed by atoms with E-state index >= 15 is 0 Å². The van der Waals surface area contributed by atoms with E-state index in [1.165, 1.54) is 11.1 Å². The number of hydrogen-bond acceptors (Lipinski definition) is 3. The lowest BCUT2D eigenvalue weighted by atomic mass is 9.88. The number of nitrogens with two attached hydrogens (primary N) is 1. The first-order valence-electron chi connectivity index (χ1n) is 6.97. The average molecular weight is 269 g/mol. The molecule has 1 aromatic carbocycles. The molecule has 2 rings (SSSR count). The van der Waals surface area contributed by atoms with Gasteiger partial charge in [-0.3, -0.25) is 0 Å². The van der Waals surface area contributed by atoms with Crippen molar-refractivity contribution < 1.29 is 0 Å². The molecule has 0 spiro atoms. The van der Waals surface area contributed by atoms with E-state index in [0.29, 0.717) is 6.54 Å². The second-order valence-corrected chi connectivity index (χ2v) is 6.06. The van der Waals surface area contributed by atoms with Crippen molar-refractivity contribution in [3.05, 3.63) is 59.3 Å². The van der Waals surface area contributed by atoms with Gasteiger partial charge < -0.3 is 11.1 Å². The summed E-state index contributed by atoms with van der Waals surface area (Å²) >= 11 is 0. The van der Waals surface area contributed by atoms with E-state index in [0.717, 1.165) is 17.9 Å². The summed E-state index contributed by atoms with van der Waals surface area (Å²) < 4.78 is 0. The molecule has 0 atom stereocenters. The van der Waals surface area contributed by atoms with E-state index < -0.39 is 0 Å². The van der Waals surface area contributed by atoms with Gasteiger partial charge in [-0.25, -0.2) is 4.98 Å². The Hall–Kier alpha value is -1.87. The number of rotatable bonds is 4. The van der Waals surface area contributed by atoms with Crippen LogP contribution in [0.3, 0.4) is 0 Å². The van der Waals surface area contributed by atoms with Gasteiger partial charge in [-0.05, 0) is 28.2 Å². The zero-order valence-electron chi connectivity index (χ0n) is 12.5. The minimum absolute atomic E-state index is 0.142. The van der Waals surface area contributed by atoms with E-state index in [4.69, 9.17) is 5.73 Å². The molecule has 106 valence electrons. The fraction of sp³-hybridized carbons (Fsp3) is 0.353. The van der Waals surface area contributed by atoms with Gasteiger partial charge >= 0.3 is 0 Å². The molecule has 1 heterocycles. The van der Waals surface area contributed by atoms with Crippen molar-refractivity contribution in [2.75, 3.05) is 5.32 Å². The Kier molecular flexibility index (Phi) is 4.40. The second-order valence-electron chi connectivity index (χ2n) is 6.06. The van der Waals surface area contributed by atoms with E-state index in [1.807, 2.05) is 12.3 Å². The fourth-order valence-corrected chi connectivity index (χ4v) is 1.93. The van der Waals surface area contributed by atoms with Gasteiger partial charge in [0.2, 0.25) is 0 Å². The van der Waals surface area contributed by atoms with E-state index in [2.05, 4.69) is 61.4 Å². The first-order chi connectivity index (χ1) is 9.49. The molecule has 3 nitrogen and oxygen atoms in total. The molecule has 0 saturated carbocycles. The first kappa shape index (κ1) is 14.5. The van der Waals surface area contributed by atoms with Gasteiger partial charge in [0.1, 0.15) is 5.82 Å². The molecular formula is C17H23N3. The molecule has 0 aliphatic rings. The minimum Gasteiger partial charge on any atom is -0.366 e. The predicted octanol–water partition coefficient (Wildman–Crippen LogP) is 3.45. The maximum Gasteiger partial charge on any atom is 0.126 e. The smallest absolute Gasteiger partial charge is 0.126 e. The van der Waals surface area contributed by atoms with Crippen molar-refractivity contribution in [1.82, 2.24) is 4.98 Å².